The molecule has 6 heteroatoms. The van der Waals surface area contributed by atoms with Crippen molar-refractivity contribution in [2.45, 2.75) is 6.04 Å². The van der Waals surface area contributed by atoms with Crippen molar-refractivity contribution in [3.8, 4) is 0 Å². The van der Waals surface area contributed by atoms with Crippen molar-refractivity contribution in [3.05, 3.63) is 56.3 Å². The van der Waals surface area contributed by atoms with Crippen LogP contribution in [0.4, 0.5) is 5.69 Å². The van der Waals surface area contributed by atoms with Gasteiger partial charge in [0.1, 0.15) is 0 Å². The number of nitrogens with one attached hydrogen (secondary N) is 1. The zero-order chi connectivity index (χ0) is 14.8. The van der Waals surface area contributed by atoms with Crippen LogP contribution in [0.3, 0.4) is 0 Å². The van der Waals surface area contributed by atoms with Crippen molar-refractivity contribution in [2.75, 3.05) is 11.9 Å². The Hall–Kier alpha value is -1.14. The lowest BCUT2D eigenvalue weighted by atomic mass is 10.1. The maximum atomic E-state index is 6.22. The van der Waals surface area contributed by atoms with Gasteiger partial charge in [-0.25, -0.2) is 0 Å². The lowest BCUT2D eigenvalue weighted by Crippen LogP contribution is -2.19. The van der Waals surface area contributed by atoms with Crippen molar-refractivity contribution in [2.24, 2.45) is 5.73 Å². The summed E-state index contributed by atoms with van der Waals surface area (Å²) in [6.07, 6.45) is 1.77. The van der Waals surface area contributed by atoms with Gasteiger partial charge in [0.25, 0.3) is 0 Å². The van der Waals surface area contributed by atoms with Crippen LogP contribution >= 0.6 is 38.9 Å². The molecule has 0 amide bonds. The van der Waals surface area contributed by atoms with Crippen LogP contribution in [0.15, 0.2) is 46.4 Å². The highest BCUT2D eigenvalue weighted by Gasteiger charge is 2.14. The Morgan fingerprint density at radius 2 is 2.24 bits per heavy atom. The molecule has 1 unspecified atom stereocenters. The van der Waals surface area contributed by atoms with Crippen LogP contribution in [-0.2, 0) is 0 Å². The number of nitrogens with zero attached hydrogens (tertiary/aromatic N) is 1. The van der Waals surface area contributed by atoms with E-state index in [2.05, 4.69) is 37.7 Å². The molecule has 2 heterocycles. The van der Waals surface area contributed by atoms with Gasteiger partial charge in [-0.15, -0.1) is 11.3 Å². The normalized spacial score (nSPS) is 12.5. The van der Waals surface area contributed by atoms with E-state index < -0.39 is 0 Å². The zero-order valence-corrected chi connectivity index (χ0v) is 14.2. The van der Waals surface area contributed by atoms with E-state index in [0.717, 1.165) is 21.1 Å². The van der Waals surface area contributed by atoms with Crippen molar-refractivity contribution in [1.82, 2.24) is 4.98 Å². The van der Waals surface area contributed by atoms with Gasteiger partial charge in [-0.2, -0.15) is 0 Å². The average Bonchev–Trinajstić information content (AvgIpc) is 2.93. The summed E-state index contributed by atoms with van der Waals surface area (Å²) in [6, 6.07) is 9.81. The smallest absolute Gasteiger partial charge is 0.0948 e. The van der Waals surface area contributed by atoms with Gasteiger partial charge in [-0.1, -0.05) is 11.6 Å². The fraction of sp³-hybridized carbons (Fsp3) is 0.133. The molecule has 0 aliphatic carbocycles. The first-order valence-corrected chi connectivity index (χ1v) is 8.48. The molecule has 0 saturated heterocycles. The Morgan fingerprint density at radius 1 is 1.38 bits per heavy atom. The second kappa shape index (κ2) is 6.32. The van der Waals surface area contributed by atoms with Gasteiger partial charge in [-0.05, 0) is 46.3 Å². The molecule has 3 nitrogen and oxygen atoms in total. The van der Waals surface area contributed by atoms with Gasteiger partial charge in [0.2, 0.25) is 0 Å². The first-order valence-electron chi connectivity index (χ1n) is 6.43. The van der Waals surface area contributed by atoms with E-state index in [9.17, 15) is 0 Å². The summed E-state index contributed by atoms with van der Waals surface area (Å²) < 4.78 is 1.07. The van der Waals surface area contributed by atoms with Crippen LogP contribution in [0.25, 0.3) is 10.9 Å². The monoisotopic (exact) mass is 381 g/mol. The van der Waals surface area contributed by atoms with E-state index in [1.807, 2.05) is 24.3 Å². The number of rotatable bonds is 4. The van der Waals surface area contributed by atoms with Crippen LogP contribution in [0.1, 0.15) is 10.9 Å². The van der Waals surface area contributed by atoms with Crippen LogP contribution < -0.4 is 11.1 Å². The summed E-state index contributed by atoms with van der Waals surface area (Å²) in [4.78, 5) is 5.62. The number of hydrogen-bond donors (Lipinski definition) is 2. The van der Waals surface area contributed by atoms with Crippen molar-refractivity contribution < 1.29 is 0 Å². The molecule has 0 spiro atoms. The second-order valence-corrected chi connectivity index (χ2v) is 6.86. The number of anilines is 1. The summed E-state index contributed by atoms with van der Waals surface area (Å²) in [6.45, 7) is 0.504. The number of pyridine rings is 1. The van der Waals surface area contributed by atoms with Gasteiger partial charge in [0, 0.05) is 32.9 Å². The molecular formula is C15H13BrClN3S. The number of benzene rings is 1. The predicted molar refractivity (Wildman–Crippen MR) is 94.2 cm³/mol. The van der Waals surface area contributed by atoms with E-state index >= 15 is 0 Å². The van der Waals surface area contributed by atoms with Gasteiger partial charge in [0.15, 0.2) is 0 Å². The minimum absolute atomic E-state index is 0.0488. The highest BCUT2D eigenvalue weighted by molar-refractivity contribution is 9.10. The Morgan fingerprint density at radius 3 is 2.95 bits per heavy atom. The van der Waals surface area contributed by atoms with E-state index in [-0.39, 0.29) is 6.04 Å². The highest BCUT2D eigenvalue weighted by Crippen LogP contribution is 2.32. The fourth-order valence-corrected chi connectivity index (χ4v) is 3.92. The third kappa shape index (κ3) is 3.06. The number of aromatic nitrogens is 1. The van der Waals surface area contributed by atoms with Gasteiger partial charge >= 0.3 is 0 Å². The topological polar surface area (TPSA) is 50.9 Å². The molecule has 0 aliphatic heterocycles. The molecular weight excluding hydrogens is 370 g/mol. The second-order valence-electron chi connectivity index (χ2n) is 4.59. The molecule has 108 valence electrons. The van der Waals surface area contributed by atoms with Gasteiger partial charge in [-0.3, -0.25) is 4.98 Å². The number of hydrogen-bond acceptors (Lipinski definition) is 4. The van der Waals surface area contributed by atoms with E-state index in [1.165, 1.54) is 4.88 Å². The van der Waals surface area contributed by atoms with E-state index in [1.54, 1.807) is 17.5 Å². The molecule has 0 saturated carbocycles. The number of fused-ring (bicyclic) bond motifs is 1. The predicted octanol–water partition coefficient (Wildman–Crippen LogP) is 4.82. The van der Waals surface area contributed by atoms with E-state index in [0.29, 0.717) is 11.6 Å². The molecule has 0 radical (unpaired) electrons. The minimum atomic E-state index is 0.0488. The summed E-state index contributed by atoms with van der Waals surface area (Å²) in [5, 5.41) is 7.16. The molecule has 0 bridgehead atoms. The molecule has 1 aromatic carbocycles. The van der Waals surface area contributed by atoms with Crippen LogP contribution in [0.5, 0.6) is 0 Å². The SMILES string of the molecule is NCC(Nc1ccc(Cl)c2cccnc12)c1cc(Br)cs1. The van der Waals surface area contributed by atoms with Gasteiger partial charge in [0.05, 0.1) is 22.3 Å². The fourth-order valence-electron chi connectivity index (χ4n) is 2.20. The lowest BCUT2D eigenvalue weighted by molar-refractivity contribution is 0.806. The van der Waals surface area contributed by atoms with E-state index in [4.69, 9.17) is 17.3 Å². The summed E-state index contributed by atoms with van der Waals surface area (Å²) >= 11 is 11.4. The largest absolute Gasteiger partial charge is 0.374 e. The molecule has 1 atom stereocenters. The third-order valence-electron chi connectivity index (χ3n) is 3.21. The molecule has 3 rings (SSSR count). The zero-order valence-electron chi connectivity index (χ0n) is 11.0. The molecule has 21 heavy (non-hydrogen) atoms. The maximum absolute atomic E-state index is 6.22. The number of nitrogens with two attached hydrogens (primary N) is 1. The Labute approximate surface area is 140 Å². The first-order chi connectivity index (χ1) is 10.2. The Kier molecular flexibility index (Phi) is 4.45. The van der Waals surface area contributed by atoms with Crippen molar-refractivity contribution >= 4 is 55.5 Å². The number of thiophene rings is 1. The molecule has 0 aliphatic rings. The van der Waals surface area contributed by atoms with Crippen LogP contribution in [0, 0.1) is 0 Å². The Bertz CT molecular complexity index is 774. The lowest BCUT2D eigenvalue weighted by Gasteiger charge is -2.18. The quantitative estimate of drug-likeness (QED) is 0.680. The Balaban J connectivity index is 1.99. The summed E-state index contributed by atoms with van der Waals surface area (Å²) in [7, 11) is 0. The molecule has 3 aromatic rings. The number of halogens is 2. The van der Waals surface area contributed by atoms with Crippen LogP contribution in [-0.4, -0.2) is 11.5 Å². The maximum Gasteiger partial charge on any atom is 0.0948 e. The molecule has 2 aromatic heterocycles. The standard InChI is InChI=1S/C15H13BrClN3S/c16-9-6-14(21-8-9)13(7-18)20-12-4-3-11(17)10-2-1-5-19-15(10)12/h1-6,8,13,20H,7,18H2. The third-order valence-corrected chi connectivity index (χ3v) is 5.35. The minimum Gasteiger partial charge on any atom is -0.374 e. The molecule has 0 fully saturated rings. The van der Waals surface area contributed by atoms with Crippen LogP contribution in [0.2, 0.25) is 5.02 Å². The van der Waals surface area contributed by atoms with Crippen molar-refractivity contribution in [3.63, 3.8) is 0 Å². The average molecular weight is 383 g/mol. The summed E-state index contributed by atoms with van der Waals surface area (Å²) in [5.74, 6) is 0. The van der Waals surface area contributed by atoms with Crippen molar-refractivity contribution in [1.29, 1.82) is 0 Å². The molecule has 3 N–H and O–H groups in total. The van der Waals surface area contributed by atoms with Gasteiger partial charge < -0.3 is 11.1 Å². The summed E-state index contributed by atoms with van der Waals surface area (Å²) in [5.41, 5.74) is 7.72. The first kappa shape index (κ1) is 14.8. The highest BCUT2D eigenvalue weighted by atomic mass is 79.9.